The third kappa shape index (κ3) is 2.62. The maximum atomic E-state index is 4.36. The molecule has 0 N–H and O–H groups in total. The van der Waals surface area contributed by atoms with Crippen LogP contribution in [0.5, 0.6) is 0 Å². The highest BCUT2D eigenvalue weighted by atomic mass is 32.2. The molecule has 1 fully saturated rings. The van der Waals surface area contributed by atoms with E-state index < -0.39 is 0 Å². The summed E-state index contributed by atoms with van der Waals surface area (Å²) in [5, 5.41) is 0. The molecule has 1 saturated heterocycles. The smallest absolute Gasteiger partial charge is 0.132 e. The molecule has 1 atom stereocenters. The minimum atomic E-state index is 0.592. The van der Waals surface area contributed by atoms with Gasteiger partial charge >= 0.3 is 0 Å². The minimum absolute atomic E-state index is 0.592. The van der Waals surface area contributed by atoms with E-state index in [1.54, 1.807) is 6.33 Å². The summed E-state index contributed by atoms with van der Waals surface area (Å²) < 4.78 is 0. The van der Waals surface area contributed by atoms with Crippen LogP contribution in [-0.4, -0.2) is 34.1 Å². The van der Waals surface area contributed by atoms with Gasteiger partial charge in [-0.05, 0) is 26.0 Å². The Bertz CT molecular complexity index is 329. The topological polar surface area (TPSA) is 29.0 Å². The van der Waals surface area contributed by atoms with Gasteiger partial charge in [0.25, 0.3) is 0 Å². The fraction of sp³-hybridized carbons (Fsp3) is 0.636. The van der Waals surface area contributed by atoms with E-state index in [0.717, 1.165) is 18.1 Å². The number of aryl methyl sites for hydroxylation is 1. The van der Waals surface area contributed by atoms with Gasteiger partial charge in [0.05, 0.1) is 0 Å². The molecule has 1 aromatic heterocycles. The van der Waals surface area contributed by atoms with Gasteiger partial charge < -0.3 is 4.90 Å². The quantitative estimate of drug-likeness (QED) is 0.729. The monoisotopic (exact) mass is 223 g/mol. The second kappa shape index (κ2) is 4.84. The number of anilines is 1. The van der Waals surface area contributed by atoms with Gasteiger partial charge in [0.2, 0.25) is 0 Å². The molecule has 0 saturated carbocycles. The maximum absolute atomic E-state index is 4.36. The summed E-state index contributed by atoms with van der Waals surface area (Å²) in [4.78, 5) is 10.9. The average molecular weight is 223 g/mol. The van der Waals surface area contributed by atoms with Crippen LogP contribution >= 0.6 is 11.8 Å². The molecule has 2 rings (SSSR count). The van der Waals surface area contributed by atoms with Crippen LogP contribution in [0.25, 0.3) is 0 Å². The number of aromatic nitrogens is 2. The van der Waals surface area contributed by atoms with Crippen molar-refractivity contribution in [2.45, 2.75) is 26.3 Å². The maximum Gasteiger partial charge on any atom is 0.132 e. The molecule has 1 aliphatic heterocycles. The van der Waals surface area contributed by atoms with Crippen LogP contribution in [0, 0.1) is 6.92 Å². The van der Waals surface area contributed by atoms with Gasteiger partial charge in [-0.15, -0.1) is 0 Å². The van der Waals surface area contributed by atoms with Crippen LogP contribution in [0.4, 0.5) is 5.82 Å². The summed E-state index contributed by atoms with van der Waals surface area (Å²) in [6.07, 6.45) is 2.91. The van der Waals surface area contributed by atoms with Crippen molar-refractivity contribution in [2.75, 3.05) is 23.0 Å². The van der Waals surface area contributed by atoms with E-state index in [-0.39, 0.29) is 0 Å². The van der Waals surface area contributed by atoms with E-state index >= 15 is 0 Å². The Balaban J connectivity index is 2.20. The van der Waals surface area contributed by atoms with Crippen molar-refractivity contribution in [1.82, 2.24) is 9.97 Å². The van der Waals surface area contributed by atoms with E-state index in [1.165, 1.54) is 17.9 Å². The Morgan fingerprint density at radius 3 is 3.07 bits per heavy atom. The highest BCUT2D eigenvalue weighted by Crippen LogP contribution is 2.21. The summed E-state index contributed by atoms with van der Waals surface area (Å²) in [5.74, 6) is 3.55. The molecule has 1 aromatic rings. The third-order valence-corrected chi connectivity index (χ3v) is 3.77. The first kappa shape index (κ1) is 10.7. The Hall–Kier alpha value is -0.770. The summed E-state index contributed by atoms with van der Waals surface area (Å²) in [6.45, 7) is 5.40. The predicted molar refractivity (Wildman–Crippen MR) is 65.5 cm³/mol. The van der Waals surface area contributed by atoms with E-state index in [0.29, 0.717) is 6.04 Å². The lowest BCUT2D eigenvalue weighted by molar-refractivity contribution is 0.637. The van der Waals surface area contributed by atoms with Crippen molar-refractivity contribution < 1.29 is 0 Å². The SMILES string of the molecule is Cc1cc(N2CCSCCC2C)ncn1. The van der Waals surface area contributed by atoms with E-state index in [4.69, 9.17) is 0 Å². The number of hydrogen-bond donors (Lipinski definition) is 0. The van der Waals surface area contributed by atoms with E-state index in [2.05, 4.69) is 27.9 Å². The highest BCUT2D eigenvalue weighted by molar-refractivity contribution is 7.99. The fourth-order valence-electron chi connectivity index (χ4n) is 1.83. The van der Waals surface area contributed by atoms with Crippen molar-refractivity contribution in [3.63, 3.8) is 0 Å². The fourth-order valence-corrected chi connectivity index (χ4v) is 2.87. The van der Waals surface area contributed by atoms with Crippen LogP contribution in [-0.2, 0) is 0 Å². The Morgan fingerprint density at radius 2 is 2.27 bits per heavy atom. The third-order valence-electron chi connectivity index (χ3n) is 2.77. The number of hydrogen-bond acceptors (Lipinski definition) is 4. The van der Waals surface area contributed by atoms with Crippen molar-refractivity contribution in [3.05, 3.63) is 18.1 Å². The highest BCUT2D eigenvalue weighted by Gasteiger charge is 2.18. The molecular formula is C11H17N3S. The normalized spacial score (nSPS) is 22.5. The van der Waals surface area contributed by atoms with Crippen LogP contribution in [0.3, 0.4) is 0 Å². The first-order valence-electron chi connectivity index (χ1n) is 5.40. The van der Waals surface area contributed by atoms with Gasteiger partial charge in [0.1, 0.15) is 12.1 Å². The van der Waals surface area contributed by atoms with Gasteiger partial charge in [-0.2, -0.15) is 11.8 Å². The van der Waals surface area contributed by atoms with Crippen LogP contribution < -0.4 is 4.90 Å². The number of rotatable bonds is 1. The lowest BCUT2D eigenvalue weighted by Gasteiger charge is -2.27. The van der Waals surface area contributed by atoms with Gasteiger partial charge in [0, 0.05) is 30.1 Å². The predicted octanol–water partition coefficient (Wildman–Crippen LogP) is 2.12. The van der Waals surface area contributed by atoms with E-state index in [9.17, 15) is 0 Å². The average Bonchev–Trinajstić information content (AvgIpc) is 2.43. The summed E-state index contributed by atoms with van der Waals surface area (Å²) in [7, 11) is 0. The zero-order valence-corrected chi connectivity index (χ0v) is 10.1. The molecule has 0 radical (unpaired) electrons. The summed E-state index contributed by atoms with van der Waals surface area (Å²) >= 11 is 2.04. The molecule has 0 aromatic carbocycles. The number of thioether (sulfide) groups is 1. The zero-order valence-electron chi connectivity index (χ0n) is 9.31. The van der Waals surface area contributed by atoms with Crippen LogP contribution in [0.2, 0.25) is 0 Å². The van der Waals surface area contributed by atoms with Crippen molar-refractivity contribution in [3.8, 4) is 0 Å². The zero-order chi connectivity index (χ0) is 10.7. The standard InChI is InChI=1S/C11H17N3S/c1-9-7-11(13-8-12-9)14-4-6-15-5-3-10(14)2/h7-8,10H,3-6H2,1-2H3. The first-order valence-corrected chi connectivity index (χ1v) is 6.56. The Kier molecular flexibility index (Phi) is 3.46. The van der Waals surface area contributed by atoms with Crippen molar-refractivity contribution >= 4 is 17.6 Å². The lowest BCUT2D eigenvalue weighted by atomic mass is 10.2. The molecule has 0 aliphatic carbocycles. The summed E-state index contributed by atoms with van der Waals surface area (Å²) in [5.41, 5.74) is 1.05. The minimum Gasteiger partial charge on any atom is -0.353 e. The van der Waals surface area contributed by atoms with Crippen molar-refractivity contribution in [2.24, 2.45) is 0 Å². The van der Waals surface area contributed by atoms with Gasteiger partial charge in [-0.25, -0.2) is 9.97 Å². The van der Waals surface area contributed by atoms with Gasteiger partial charge in [-0.3, -0.25) is 0 Å². The molecular weight excluding hydrogens is 206 g/mol. The van der Waals surface area contributed by atoms with Gasteiger partial charge in [0.15, 0.2) is 0 Å². The Labute approximate surface area is 95.3 Å². The largest absolute Gasteiger partial charge is 0.353 e. The van der Waals surface area contributed by atoms with Gasteiger partial charge in [-0.1, -0.05) is 0 Å². The Morgan fingerprint density at radius 1 is 1.40 bits per heavy atom. The lowest BCUT2D eigenvalue weighted by Crippen LogP contribution is -2.34. The summed E-state index contributed by atoms with van der Waals surface area (Å²) in [6, 6.07) is 2.67. The van der Waals surface area contributed by atoms with Crippen LogP contribution in [0.1, 0.15) is 19.0 Å². The molecule has 1 aliphatic rings. The molecule has 0 spiro atoms. The molecule has 82 valence electrons. The van der Waals surface area contributed by atoms with E-state index in [1.807, 2.05) is 18.7 Å². The molecule has 15 heavy (non-hydrogen) atoms. The molecule has 2 heterocycles. The molecule has 1 unspecified atom stereocenters. The molecule has 3 nitrogen and oxygen atoms in total. The second-order valence-electron chi connectivity index (χ2n) is 3.96. The number of nitrogens with zero attached hydrogens (tertiary/aromatic N) is 3. The van der Waals surface area contributed by atoms with Crippen molar-refractivity contribution in [1.29, 1.82) is 0 Å². The molecule has 0 bridgehead atoms. The second-order valence-corrected chi connectivity index (χ2v) is 5.19. The molecule has 4 heteroatoms. The molecule has 0 amide bonds. The first-order chi connectivity index (χ1) is 7.27. The van der Waals surface area contributed by atoms with Crippen LogP contribution in [0.15, 0.2) is 12.4 Å².